The van der Waals surface area contributed by atoms with Crippen LogP contribution in [0.1, 0.15) is 43.7 Å². The molecular weight excluding hydrogens is 332 g/mol. The van der Waals surface area contributed by atoms with Crippen LogP contribution >= 0.6 is 0 Å². The topological polar surface area (TPSA) is 59.1 Å². The number of ether oxygens (including phenoxy) is 2. The maximum absolute atomic E-state index is 13.2. The number of carbonyl (C=O) groups is 2. The minimum absolute atomic E-state index is 0.00781. The number of benzene rings is 1. The lowest BCUT2D eigenvalue weighted by Crippen LogP contribution is -2.37. The number of methoxy groups -OCH3 is 2. The molecule has 26 heavy (non-hydrogen) atoms. The van der Waals surface area contributed by atoms with Crippen LogP contribution in [-0.4, -0.2) is 55.0 Å². The van der Waals surface area contributed by atoms with Gasteiger partial charge in [-0.15, -0.1) is 0 Å². The van der Waals surface area contributed by atoms with Crippen molar-refractivity contribution in [3.63, 3.8) is 0 Å². The van der Waals surface area contributed by atoms with E-state index in [9.17, 15) is 9.59 Å². The Kier molecular flexibility index (Phi) is 4.51. The molecular formula is C20H26N2O4. The Morgan fingerprint density at radius 3 is 2.65 bits per heavy atom. The summed E-state index contributed by atoms with van der Waals surface area (Å²) in [5.41, 5.74) is 1.02. The predicted octanol–water partition coefficient (Wildman–Crippen LogP) is 2.38. The second-order valence-corrected chi connectivity index (χ2v) is 7.48. The van der Waals surface area contributed by atoms with Crippen molar-refractivity contribution in [2.75, 3.05) is 27.3 Å². The van der Waals surface area contributed by atoms with Crippen LogP contribution in [0.5, 0.6) is 11.5 Å². The fraction of sp³-hybridized carbons (Fsp3) is 0.600. The summed E-state index contributed by atoms with van der Waals surface area (Å²) >= 11 is 0. The van der Waals surface area contributed by atoms with Crippen molar-refractivity contribution in [3.8, 4) is 11.5 Å². The van der Waals surface area contributed by atoms with E-state index in [1.807, 2.05) is 28.0 Å². The molecule has 0 radical (unpaired) electrons. The van der Waals surface area contributed by atoms with E-state index in [0.717, 1.165) is 49.3 Å². The van der Waals surface area contributed by atoms with E-state index in [2.05, 4.69) is 0 Å². The fourth-order valence-corrected chi connectivity index (χ4v) is 4.32. The summed E-state index contributed by atoms with van der Waals surface area (Å²) in [6.07, 6.45) is 4.42. The first kappa shape index (κ1) is 17.2. The van der Waals surface area contributed by atoms with Crippen LogP contribution < -0.4 is 9.47 Å². The van der Waals surface area contributed by atoms with Gasteiger partial charge in [0.2, 0.25) is 11.8 Å². The highest BCUT2D eigenvalue weighted by Gasteiger charge is 2.44. The van der Waals surface area contributed by atoms with Crippen LogP contribution in [0.15, 0.2) is 18.2 Å². The third kappa shape index (κ3) is 3.02. The lowest BCUT2D eigenvalue weighted by molar-refractivity contribution is -0.136. The minimum Gasteiger partial charge on any atom is -0.497 e. The van der Waals surface area contributed by atoms with Crippen molar-refractivity contribution in [3.05, 3.63) is 23.8 Å². The van der Waals surface area contributed by atoms with Gasteiger partial charge in [-0.25, -0.2) is 0 Å². The molecule has 0 spiro atoms. The highest BCUT2D eigenvalue weighted by molar-refractivity contribution is 5.90. The maximum atomic E-state index is 13.2. The van der Waals surface area contributed by atoms with Crippen LogP contribution in [-0.2, 0) is 9.59 Å². The van der Waals surface area contributed by atoms with Gasteiger partial charge in [0.25, 0.3) is 0 Å². The second kappa shape index (κ2) is 6.82. The Balaban J connectivity index is 1.53. The highest BCUT2D eigenvalue weighted by Crippen LogP contribution is 2.41. The Morgan fingerprint density at radius 1 is 1.15 bits per heavy atom. The average Bonchev–Trinajstić information content (AvgIpc) is 3.25. The normalized spacial score (nSPS) is 25.7. The Labute approximate surface area is 154 Å². The summed E-state index contributed by atoms with van der Waals surface area (Å²) in [5.74, 6) is 1.54. The average molecular weight is 358 g/mol. The number of likely N-dealkylation sites (tertiary alicyclic amines) is 2. The monoisotopic (exact) mass is 358 g/mol. The van der Waals surface area contributed by atoms with E-state index in [1.165, 1.54) is 0 Å². The zero-order valence-electron chi connectivity index (χ0n) is 15.4. The molecule has 4 rings (SSSR count). The van der Waals surface area contributed by atoms with Crippen LogP contribution in [0.4, 0.5) is 0 Å². The Bertz CT molecular complexity index is 716. The molecule has 0 aromatic heterocycles. The molecule has 0 N–H and O–H groups in total. The van der Waals surface area contributed by atoms with E-state index in [1.54, 1.807) is 14.2 Å². The van der Waals surface area contributed by atoms with E-state index in [4.69, 9.17) is 9.47 Å². The molecule has 3 aliphatic rings. The third-order valence-corrected chi connectivity index (χ3v) is 5.83. The smallest absolute Gasteiger partial charge is 0.228 e. The summed E-state index contributed by atoms with van der Waals surface area (Å²) < 4.78 is 10.8. The standard InChI is InChI=1S/C20H26N2O4/c1-25-15-7-8-16(18(11-15)26-2)17-4-3-9-21(17)20(24)13-10-19(23)22(12-13)14-5-6-14/h7-8,11,13-14,17H,3-6,9-10,12H2,1-2H3/t13-,17-/m1/s1. The van der Waals surface area contributed by atoms with Crippen LogP contribution in [0.3, 0.4) is 0 Å². The number of hydrogen-bond acceptors (Lipinski definition) is 4. The van der Waals surface area contributed by atoms with Gasteiger partial charge in [0.1, 0.15) is 11.5 Å². The molecule has 1 saturated carbocycles. The van der Waals surface area contributed by atoms with Gasteiger partial charge >= 0.3 is 0 Å². The molecule has 1 aliphatic carbocycles. The van der Waals surface area contributed by atoms with E-state index in [-0.39, 0.29) is 23.8 Å². The molecule has 1 aromatic carbocycles. The molecule has 140 valence electrons. The molecule has 2 aliphatic heterocycles. The summed E-state index contributed by atoms with van der Waals surface area (Å²) in [7, 11) is 3.27. The van der Waals surface area contributed by atoms with E-state index < -0.39 is 0 Å². The molecule has 2 amide bonds. The molecule has 6 heteroatoms. The van der Waals surface area contributed by atoms with Crippen molar-refractivity contribution < 1.29 is 19.1 Å². The number of rotatable bonds is 5. The van der Waals surface area contributed by atoms with Crippen molar-refractivity contribution in [1.29, 1.82) is 0 Å². The Morgan fingerprint density at radius 2 is 1.96 bits per heavy atom. The highest BCUT2D eigenvalue weighted by atomic mass is 16.5. The van der Waals surface area contributed by atoms with Gasteiger partial charge in [-0.3, -0.25) is 9.59 Å². The van der Waals surface area contributed by atoms with Gasteiger partial charge < -0.3 is 19.3 Å². The van der Waals surface area contributed by atoms with Crippen molar-refractivity contribution in [2.45, 2.75) is 44.2 Å². The lowest BCUT2D eigenvalue weighted by Gasteiger charge is -2.28. The fourth-order valence-electron chi connectivity index (χ4n) is 4.32. The number of hydrogen-bond donors (Lipinski definition) is 0. The van der Waals surface area contributed by atoms with Gasteiger partial charge in [0, 0.05) is 37.2 Å². The van der Waals surface area contributed by atoms with Crippen LogP contribution in [0.2, 0.25) is 0 Å². The Hall–Kier alpha value is -2.24. The first-order valence-electron chi connectivity index (χ1n) is 9.44. The number of amides is 2. The lowest BCUT2D eigenvalue weighted by atomic mass is 10.0. The van der Waals surface area contributed by atoms with E-state index in [0.29, 0.717) is 19.0 Å². The summed E-state index contributed by atoms with van der Waals surface area (Å²) in [4.78, 5) is 29.3. The molecule has 3 fully saturated rings. The summed E-state index contributed by atoms with van der Waals surface area (Å²) in [5, 5.41) is 0. The van der Waals surface area contributed by atoms with Crippen molar-refractivity contribution >= 4 is 11.8 Å². The van der Waals surface area contributed by atoms with Crippen molar-refractivity contribution in [1.82, 2.24) is 9.80 Å². The predicted molar refractivity (Wildman–Crippen MR) is 96.1 cm³/mol. The van der Waals surface area contributed by atoms with E-state index >= 15 is 0 Å². The molecule has 2 saturated heterocycles. The zero-order chi connectivity index (χ0) is 18.3. The third-order valence-electron chi connectivity index (χ3n) is 5.83. The maximum Gasteiger partial charge on any atom is 0.228 e. The molecule has 2 atom stereocenters. The van der Waals surface area contributed by atoms with Gasteiger partial charge in [-0.05, 0) is 37.8 Å². The number of carbonyl (C=O) groups excluding carboxylic acids is 2. The van der Waals surface area contributed by atoms with Crippen LogP contribution in [0, 0.1) is 5.92 Å². The number of nitrogens with zero attached hydrogens (tertiary/aromatic N) is 2. The molecule has 0 unspecified atom stereocenters. The van der Waals surface area contributed by atoms with Gasteiger partial charge in [-0.2, -0.15) is 0 Å². The van der Waals surface area contributed by atoms with Crippen LogP contribution in [0.25, 0.3) is 0 Å². The van der Waals surface area contributed by atoms with Gasteiger partial charge in [-0.1, -0.05) is 0 Å². The second-order valence-electron chi connectivity index (χ2n) is 7.48. The molecule has 2 heterocycles. The van der Waals surface area contributed by atoms with Gasteiger partial charge in [0.15, 0.2) is 0 Å². The van der Waals surface area contributed by atoms with Gasteiger partial charge in [0.05, 0.1) is 26.2 Å². The first-order valence-corrected chi connectivity index (χ1v) is 9.44. The summed E-state index contributed by atoms with van der Waals surface area (Å²) in [6.45, 7) is 1.33. The quantitative estimate of drug-likeness (QED) is 0.811. The minimum atomic E-state index is -0.201. The largest absolute Gasteiger partial charge is 0.497 e. The molecule has 0 bridgehead atoms. The first-order chi connectivity index (χ1) is 12.6. The molecule has 1 aromatic rings. The molecule has 6 nitrogen and oxygen atoms in total. The SMILES string of the molecule is COc1ccc([C@H]2CCCN2C(=O)[C@@H]2CC(=O)N(C3CC3)C2)c(OC)c1. The van der Waals surface area contributed by atoms with Crippen molar-refractivity contribution in [2.24, 2.45) is 5.92 Å². The zero-order valence-corrected chi connectivity index (χ0v) is 15.4. The summed E-state index contributed by atoms with van der Waals surface area (Å²) in [6, 6.07) is 6.16.